The Morgan fingerprint density at radius 3 is 2.88 bits per heavy atom. The molecule has 0 bridgehead atoms. The Bertz CT molecular complexity index is 379. The molecule has 3 N–H and O–H groups in total. The second-order valence-corrected chi connectivity index (χ2v) is 4.65. The largest absolute Gasteiger partial charge is 0.324 e. The van der Waals surface area contributed by atoms with Crippen LogP contribution in [0.25, 0.3) is 0 Å². The van der Waals surface area contributed by atoms with E-state index < -0.39 is 6.04 Å². The molecule has 0 aliphatic rings. The monoisotopic (exact) mass is 284 g/mol. The fourth-order valence-electron chi connectivity index (χ4n) is 1.41. The Morgan fingerprint density at radius 1 is 1.56 bits per heavy atom. The van der Waals surface area contributed by atoms with Gasteiger partial charge < -0.3 is 11.1 Å². The van der Waals surface area contributed by atoms with Crippen LogP contribution in [0.15, 0.2) is 22.7 Å². The lowest BCUT2D eigenvalue weighted by Crippen LogP contribution is -2.35. The summed E-state index contributed by atoms with van der Waals surface area (Å²) in [6, 6.07) is 5.27. The summed E-state index contributed by atoms with van der Waals surface area (Å²) in [5.41, 5.74) is 7.56. The van der Waals surface area contributed by atoms with E-state index in [-0.39, 0.29) is 5.91 Å². The summed E-state index contributed by atoms with van der Waals surface area (Å²) < 4.78 is 0.981. The summed E-state index contributed by atoms with van der Waals surface area (Å²) in [4.78, 5) is 11.7. The molecule has 0 aromatic heterocycles. The van der Waals surface area contributed by atoms with E-state index in [0.717, 1.165) is 22.1 Å². The minimum Gasteiger partial charge on any atom is -0.324 e. The van der Waals surface area contributed by atoms with Gasteiger partial charge in [0.05, 0.1) is 6.04 Å². The molecule has 1 amide bonds. The van der Waals surface area contributed by atoms with Crippen LogP contribution >= 0.6 is 15.9 Å². The third-order valence-electron chi connectivity index (χ3n) is 2.46. The summed E-state index contributed by atoms with van der Waals surface area (Å²) in [5, 5.41) is 2.84. The summed E-state index contributed by atoms with van der Waals surface area (Å²) in [7, 11) is 0. The van der Waals surface area contributed by atoms with Crippen LogP contribution in [0.5, 0.6) is 0 Å². The van der Waals surface area contributed by atoms with Crippen molar-refractivity contribution in [1.82, 2.24) is 0 Å². The highest BCUT2D eigenvalue weighted by Crippen LogP contribution is 2.23. The molecular weight excluding hydrogens is 268 g/mol. The van der Waals surface area contributed by atoms with Crippen LogP contribution in [0.1, 0.15) is 25.3 Å². The molecule has 0 heterocycles. The van der Waals surface area contributed by atoms with Gasteiger partial charge in [-0.25, -0.2) is 0 Å². The second kappa shape index (κ2) is 6.01. The van der Waals surface area contributed by atoms with Gasteiger partial charge in [-0.3, -0.25) is 4.79 Å². The van der Waals surface area contributed by atoms with Gasteiger partial charge in [0.25, 0.3) is 0 Å². The third kappa shape index (κ3) is 3.32. The Labute approximate surface area is 105 Å². The van der Waals surface area contributed by atoms with Gasteiger partial charge in [-0.15, -0.1) is 0 Å². The van der Waals surface area contributed by atoms with Crippen molar-refractivity contribution in [1.29, 1.82) is 0 Å². The molecular formula is C12H17BrN2O. The standard InChI is InChI=1S/C12H17BrN2O/c1-3-5-10(14)12(16)15-11-7-4-6-9(13)8(11)2/h4,6-7,10H,3,5,14H2,1-2H3,(H,15,16). The van der Waals surface area contributed by atoms with E-state index in [4.69, 9.17) is 5.73 Å². The average molecular weight is 285 g/mol. The topological polar surface area (TPSA) is 55.1 Å². The van der Waals surface area contributed by atoms with E-state index >= 15 is 0 Å². The normalized spacial score (nSPS) is 12.2. The first-order valence-electron chi connectivity index (χ1n) is 5.37. The molecule has 0 saturated carbocycles. The number of carbonyl (C=O) groups is 1. The van der Waals surface area contributed by atoms with Gasteiger partial charge in [-0.05, 0) is 31.0 Å². The molecule has 0 spiro atoms. The smallest absolute Gasteiger partial charge is 0.241 e. The first-order chi connectivity index (χ1) is 7.56. The van der Waals surface area contributed by atoms with E-state index in [9.17, 15) is 4.79 Å². The highest BCUT2D eigenvalue weighted by atomic mass is 79.9. The third-order valence-corrected chi connectivity index (χ3v) is 3.32. The molecule has 0 fully saturated rings. The van der Waals surface area contributed by atoms with E-state index in [0.29, 0.717) is 6.42 Å². The van der Waals surface area contributed by atoms with Crippen molar-refractivity contribution in [3.8, 4) is 0 Å². The number of hydrogen-bond acceptors (Lipinski definition) is 2. The number of amides is 1. The van der Waals surface area contributed by atoms with Crippen molar-refractivity contribution in [2.24, 2.45) is 5.73 Å². The number of nitrogens with two attached hydrogens (primary N) is 1. The zero-order valence-corrected chi connectivity index (χ0v) is 11.2. The van der Waals surface area contributed by atoms with E-state index in [1.54, 1.807) is 0 Å². The summed E-state index contributed by atoms with van der Waals surface area (Å²) in [6.07, 6.45) is 1.62. The van der Waals surface area contributed by atoms with E-state index in [1.165, 1.54) is 0 Å². The Hall–Kier alpha value is -0.870. The fourth-order valence-corrected chi connectivity index (χ4v) is 1.78. The number of hydrogen-bond donors (Lipinski definition) is 2. The van der Waals surface area contributed by atoms with E-state index in [1.807, 2.05) is 32.0 Å². The predicted octanol–water partition coefficient (Wildman–Crippen LogP) is 2.82. The molecule has 1 rings (SSSR count). The predicted molar refractivity (Wildman–Crippen MR) is 70.4 cm³/mol. The van der Waals surface area contributed by atoms with Gasteiger partial charge in [0, 0.05) is 10.2 Å². The molecule has 1 unspecified atom stereocenters. The Kier molecular flexibility index (Phi) is 4.96. The number of halogens is 1. The van der Waals surface area contributed by atoms with Crippen LogP contribution in [-0.4, -0.2) is 11.9 Å². The minimum atomic E-state index is -0.427. The summed E-state index contributed by atoms with van der Waals surface area (Å²) in [5.74, 6) is -0.122. The molecule has 1 aromatic rings. The SMILES string of the molecule is CCCC(N)C(=O)Nc1cccc(Br)c1C. The maximum absolute atomic E-state index is 11.7. The zero-order valence-electron chi connectivity index (χ0n) is 9.59. The van der Waals surface area contributed by atoms with Crippen LogP contribution < -0.4 is 11.1 Å². The molecule has 0 aliphatic carbocycles. The summed E-state index contributed by atoms with van der Waals surface area (Å²) >= 11 is 3.42. The van der Waals surface area contributed by atoms with Crippen LogP contribution in [0.3, 0.4) is 0 Å². The van der Waals surface area contributed by atoms with E-state index in [2.05, 4.69) is 21.2 Å². The van der Waals surface area contributed by atoms with Gasteiger partial charge in [0.1, 0.15) is 0 Å². The molecule has 0 saturated heterocycles. The quantitative estimate of drug-likeness (QED) is 0.893. The Morgan fingerprint density at radius 2 is 2.25 bits per heavy atom. The molecule has 0 aliphatic heterocycles. The maximum Gasteiger partial charge on any atom is 0.241 e. The van der Waals surface area contributed by atoms with Gasteiger partial charge in [0.15, 0.2) is 0 Å². The van der Waals surface area contributed by atoms with Crippen molar-refractivity contribution in [3.63, 3.8) is 0 Å². The van der Waals surface area contributed by atoms with Gasteiger partial charge in [0.2, 0.25) is 5.91 Å². The number of benzene rings is 1. The lowest BCUT2D eigenvalue weighted by atomic mass is 10.1. The summed E-state index contributed by atoms with van der Waals surface area (Å²) in [6.45, 7) is 3.96. The number of carbonyl (C=O) groups excluding carboxylic acids is 1. The molecule has 3 nitrogen and oxygen atoms in total. The van der Waals surface area contributed by atoms with Crippen molar-refractivity contribution in [2.45, 2.75) is 32.7 Å². The minimum absolute atomic E-state index is 0.122. The molecule has 16 heavy (non-hydrogen) atoms. The number of anilines is 1. The van der Waals surface area contributed by atoms with Crippen LogP contribution in [-0.2, 0) is 4.79 Å². The van der Waals surface area contributed by atoms with Crippen molar-refractivity contribution in [2.75, 3.05) is 5.32 Å². The average Bonchev–Trinajstić information content (AvgIpc) is 2.25. The number of nitrogens with one attached hydrogen (secondary N) is 1. The van der Waals surface area contributed by atoms with Crippen molar-refractivity contribution >= 4 is 27.5 Å². The lowest BCUT2D eigenvalue weighted by molar-refractivity contribution is -0.117. The van der Waals surface area contributed by atoms with Crippen LogP contribution in [0, 0.1) is 6.92 Å². The van der Waals surface area contributed by atoms with Gasteiger partial charge >= 0.3 is 0 Å². The Balaban J connectivity index is 2.73. The maximum atomic E-state index is 11.7. The van der Waals surface area contributed by atoms with Crippen LogP contribution in [0.2, 0.25) is 0 Å². The highest BCUT2D eigenvalue weighted by molar-refractivity contribution is 9.10. The van der Waals surface area contributed by atoms with Crippen molar-refractivity contribution in [3.05, 3.63) is 28.2 Å². The molecule has 1 aromatic carbocycles. The zero-order chi connectivity index (χ0) is 12.1. The molecule has 88 valence electrons. The lowest BCUT2D eigenvalue weighted by Gasteiger charge is -2.13. The highest BCUT2D eigenvalue weighted by Gasteiger charge is 2.13. The van der Waals surface area contributed by atoms with Crippen LogP contribution in [0.4, 0.5) is 5.69 Å². The molecule has 0 radical (unpaired) electrons. The molecule has 4 heteroatoms. The fraction of sp³-hybridized carbons (Fsp3) is 0.417. The first kappa shape index (κ1) is 13.2. The first-order valence-corrected chi connectivity index (χ1v) is 6.17. The van der Waals surface area contributed by atoms with Gasteiger partial charge in [-0.1, -0.05) is 35.3 Å². The molecule has 1 atom stereocenters. The van der Waals surface area contributed by atoms with Gasteiger partial charge in [-0.2, -0.15) is 0 Å². The second-order valence-electron chi connectivity index (χ2n) is 3.80. The number of rotatable bonds is 4. The van der Waals surface area contributed by atoms with Crippen molar-refractivity contribution < 1.29 is 4.79 Å².